The first-order valence-electron chi connectivity index (χ1n) is 12.1. The van der Waals surface area contributed by atoms with E-state index in [1.165, 1.54) is 14.0 Å². The summed E-state index contributed by atoms with van der Waals surface area (Å²) >= 11 is 0. The van der Waals surface area contributed by atoms with Crippen LogP contribution in [0.2, 0.25) is 0 Å². The van der Waals surface area contributed by atoms with Gasteiger partial charge >= 0.3 is 11.7 Å². The van der Waals surface area contributed by atoms with E-state index in [1.807, 2.05) is 55.9 Å². The third-order valence-electron chi connectivity index (χ3n) is 6.39. The monoisotopic (exact) mass is 503 g/mol. The molecule has 10 heteroatoms. The molecule has 0 unspecified atom stereocenters. The van der Waals surface area contributed by atoms with Gasteiger partial charge in [-0.15, -0.1) is 0 Å². The lowest BCUT2D eigenvalue weighted by atomic mass is 10.1. The summed E-state index contributed by atoms with van der Waals surface area (Å²) in [6.45, 7) is 6.07. The van der Waals surface area contributed by atoms with E-state index in [9.17, 15) is 14.4 Å². The Hall–Kier alpha value is -4.34. The van der Waals surface area contributed by atoms with Gasteiger partial charge in [0.15, 0.2) is 11.4 Å². The number of carbonyl (C=O) groups is 1. The van der Waals surface area contributed by atoms with Crippen molar-refractivity contribution < 1.29 is 13.9 Å². The molecule has 5 aromatic rings. The first-order valence-corrected chi connectivity index (χ1v) is 12.1. The van der Waals surface area contributed by atoms with Crippen molar-refractivity contribution in [3.8, 4) is 11.5 Å². The zero-order valence-corrected chi connectivity index (χ0v) is 21.5. The molecular formula is C27H29N5O5. The molecule has 0 amide bonds. The van der Waals surface area contributed by atoms with Crippen molar-refractivity contribution in [2.24, 2.45) is 20.0 Å². The van der Waals surface area contributed by atoms with Crippen LogP contribution in [-0.4, -0.2) is 29.5 Å². The van der Waals surface area contributed by atoms with Gasteiger partial charge in [0.1, 0.15) is 23.4 Å². The van der Waals surface area contributed by atoms with E-state index in [0.717, 1.165) is 21.0 Å². The number of benzene rings is 1. The number of nitrogens with zero attached hydrogens (tertiary/aromatic N) is 5. The quantitative estimate of drug-likeness (QED) is 0.315. The summed E-state index contributed by atoms with van der Waals surface area (Å²) in [5, 5.41) is 6.18. The predicted molar refractivity (Wildman–Crippen MR) is 139 cm³/mol. The highest BCUT2D eigenvalue weighted by Gasteiger charge is 2.25. The number of aromatic nitrogens is 5. The smallest absolute Gasteiger partial charge is 0.332 e. The van der Waals surface area contributed by atoms with Gasteiger partial charge in [-0.1, -0.05) is 32.0 Å². The van der Waals surface area contributed by atoms with Gasteiger partial charge in [0.25, 0.3) is 5.56 Å². The molecule has 0 saturated heterocycles. The van der Waals surface area contributed by atoms with Crippen LogP contribution >= 0.6 is 0 Å². The third kappa shape index (κ3) is 4.28. The summed E-state index contributed by atoms with van der Waals surface area (Å²) in [5.41, 5.74) is 2.00. The van der Waals surface area contributed by atoms with Gasteiger partial charge in [0, 0.05) is 44.7 Å². The number of hydrogen-bond donors (Lipinski definition) is 0. The van der Waals surface area contributed by atoms with E-state index < -0.39 is 17.2 Å². The average Bonchev–Trinajstić information content (AvgIpc) is 3.55. The Morgan fingerprint density at radius 2 is 1.86 bits per heavy atom. The number of hydrogen-bond acceptors (Lipinski definition) is 6. The van der Waals surface area contributed by atoms with Crippen LogP contribution in [0.5, 0.6) is 0 Å². The molecule has 0 N–H and O–H groups in total. The number of para-hydroxylation sites is 1. The Balaban J connectivity index is 1.76. The molecule has 5 rings (SSSR count). The summed E-state index contributed by atoms with van der Waals surface area (Å²) in [7, 11) is 3.46. The molecule has 0 spiro atoms. The van der Waals surface area contributed by atoms with Crippen LogP contribution in [0.15, 0.2) is 56.6 Å². The van der Waals surface area contributed by atoms with Gasteiger partial charge in [-0.2, -0.15) is 5.10 Å². The lowest BCUT2D eigenvalue weighted by Gasteiger charge is -2.10. The summed E-state index contributed by atoms with van der Waals surface area (Å²) in [6, 6.07) is 11.5. The molecule has 4 aromatic heterocycles. The van der Waals surface area contributed by atoms with Crippen LogP contribution in [0.3, 0.4) is 0 Å². The molecule has 0 radical (unpaired) electrons. The maximum Gasteiger partial charge on any atom is 0.332 e. The zero-order chi connectivity index (χ0) is 26.4. The maximum atomic E-state index is 13.5. The van der Waals surface area contributed by atoms with E-state index in [0.29, 0.717) is 41.3 Å². The third-order valence-corrected chi connectivity index (χ3v) is 6.39. The largest absolute Gasteiger partial charge is 0.458 e. The van der Waals surface area contributed by atoms with Gasteiger partial charge in [-0.05, 0) is 29.7 Å². The fourth-order valence-electron chi connectivity index (χ4n) is 4.72. The van der Waals surface area contributed by atoms with E-state index >= 15 is 0 Å². The summed E-state index contributed by atoms with van der Waals surface area (Å²) in [4.78, 5) is 37.8. The van der Waals surface area contributed by atoms with E-state index in [-0.39, 0.29) is 12.5 Å². The Morgan fingerprint density at radius 3 is 2.59 bits per heavy atom. The molecule has 10 nitrogen and oxygen atoms in total. The van der Waals surface area contributed by atoms with Crippen LogP contribution < -0.4 is 11.2 Å². The Labute approximate surface area is 212 Å². The van der Waals surface area contributed by atoms with Gasteiger partial charge < -0.3 is 13.7 Å². The molecule has 192 valence electrons. The SMILES string of the molecule is CC(=O)OCc1ccc(-c2c3c(=O)n(C)c(=O)n(CC(C)C)c3nn2Cc2cn(C)c3ccccc23)o1. The van der Waals surface area contributed by atoms with E-state index in [2.05, 4.69) is 0 Å². The molecule has 37 heavy (non-hydrogen) atoms. The summed E-state index contributed by atoms with van der Waals surface area (Å²) < 4.78 is 17.5. The van der Waals surface area contributed by atoms with Crippen molar-refractivity contribution in [2.75, 3.05) is 0 Å². The predicted octanol–water partition coefficient (Wildman–Crippen LogP) is 3.42. The molecule has 0 bridgehead atoms. The van der Waals surface area contributed by atoms with Crippen molar-refractivity contribution in [3.05, 3.63) is 74.8 Å². The number of aryl methyl sites for hydroxylation is 1. The lowest BCUT2D eigenvalue weighted by Crippen LogP contribution is -2.38. The van der Waals surface area contributed by atoms with Gasteiger partial charge in [-0.25, -0.2) is 4.79 Å². The maximum absolute atomic E-state index is 13.5. The molecule has 0 aliphatic heterocycles. The molecular weight excluding hydrogens is 474 g/mol. The highest BCUT2D eigenvalue weighted by molar-refractivity contribution is 5.90. The first kappa shape index (κ1) is 24.4. The second kappa shape index (κ2) is 9.27. The topological polar surface area (TPSA) is 106 Å². The number of furan rings is 1. The molecule has 0 atom stereocenters. The van der Waals surface area contributed by atoms with Crippen LogP contribution in [-0.2, 0) is 43.3 Å². The Bertz CT molecular complexity index is 1760. The van der Waals surface area contributed by atoms with Gasteiger partial charge in [0.2, 0.25) is 0 Å². The van der Waals surface area contributed by atoms with Crippen LogP contribution in [0.25, 0.3) is 33.4 Å². The summed E-state index contributed by atoms with van der Waals surface area (Å²) in [5.74, 6) is 0.570. The molecule has 0 aliphatic rings. The number of rotatable bonds is 7. The number of esters is 1. The molecule has 0 aliphatic carbocycles. The fourth-order valence-corrected chi connectivity index (χ4v) is 4.72. The minimum Gasteiger partial charge on any atom is -0.458 e. The fraction of sp³-hybridized carbons (Fsp3) is 0.333. The standard InChI is InChI=1S/C27H29N5O5/c1-16(2)12-31-25-23(26(34)30(5)27(31)35)24(22-11-10-19(37-22)15-36-17(3)33)32(28-25)14-18-13-29(4)21-9-7-6-8-20(18)21/h6-11,13,16H,12,14-15H2,1-5H3. The van der Waals surface area contributed by atoms with Crippen molar-refractivity contribution in [1.82, 2.24) is 23.5 Å². The zero-order valence-electron chi connectivity index (χ0n) is 21.5. The van der Waals surface area contributed by atoms with Crippen molar-refractivity contribution >= 4 is 27.9 Å². The second-order valence-electron chi connectivity index (χ2n) is 9.68. The highest BCUT2D eigenvalue weighted by Crippen LogP contribution is 2.30. The molecule has 0 saturated carbocycles. The average molecular weight is 504 g/mol. The van der Waals surface area contributed by atoms with Gasteiger partial charge in [0.05, 0.1) is 6.54 Å². The summed E-state index contributed by atoms with van der Waals surface area (Å²) in [6.07, 6.45) is 2.04. The molecule has 1 aromatic carbocycles. The van der Waals surface area contributed by atoms with Crippen LogP contribution in [0.1, 0.15) is 32.1 Å². The second-order valence-corrected chi connectivity index (χ2v) is 9.68. The highest BCUT2D eigenvalue weighted by atomic mass is 16.5. The Morgan fingerprint density at radius 1 is 1.11 bits per heavy atom. The minimum absolute atomic E-state index is 0.0270. The molecule has 0 fully saturated rings. The normalized spacial score (nSPS) is 11.7. The van der Waals surface area contributed by atoms with Crippen molar-refractivity contribution in [3.63, 3.8) is 0 Å². The van der Waals surface area contributed by atoms with Crippen LogP contribution in [0, 0.1) is 5.92 Å². The number of ether oxygens (including phenoxy) is 1. The van der Waals surface area contributed by atoms with E-state index in [1.54, 1.807) is 21.4 Å². The number of carbonyl (C=O) groups excluding carboxylic acids is 1. The first-order chi connectivity index (χ1) is 17.7. The van der Waals surface area contributed by atoms with E-state index in [4.69, 9.17) is 14.3 Å². The van der Waals surface area contributed by atoms with Gasteiger partial charge in [-0.3, -0.25) is 23.4 Å². The van der Waals surface area contributed by atoms with Crippen molar-refractivity contribution in [1.29, 1.82) is 0 Å². The van der Waals surface area contributed by atoms with Crippen LogP contribution in [0.4, 0.5) is 0 Å². The Kier molecular flexibility index (Phi) is 6.10. The number of fused-ring (bicyclic) bond motifs is 2. The molecule has 4 heterocycles. The van der Waals surface area contributed by atoms with Crippen molar-refractivity contribution in [2.45, 2.75) is 40.5 Å². The lowest BCUT2D eigenvalue weighted by molar-refractivity contribution is -0.142. The minimum atomic E-state index is -0.447.